The lowest BCUT2D eigenvalue weighted by atomic mass is 9.91. The molecule has 0 bridgehead atoms. The molecule has 1 aromatic carbocycles. The molecular weight excluding hydrogens is 237 g/mol. The summed E-state index contributed by atoms with van der Waals surface area (Å²) in [4.78, 5) is 10.3. The predicted octanol–water partition coefficient (Wildman–Crippen LogP) is 2.42. The van der Waals surface area contributed by atoms with Crippen molar-refractivity contribution >= 4 is 11.4 Å². The van der Waals surface area contributed by atoms with Crippen LogP contribution in [0.3, 0.4) is 0 Å². The van der Waals surface area contributed by atoms with Crippen LogP contribution in [0.25, 0.3) is 0 Å². The SMILES string of the molecule is NC1CCCC(Nc2ccc(F)cc2[N+](=O)[O-])C1. The number of nitro groups is 1. The Morgan fingerprint density at radius 2 is 2.22 bits per heavy atom. The number of halogens is 1. The Morgan fingerprint density at radius 1 is 1.44 bits per heavy atom. The third-order valence-electron chi connectivity index (χ3n) is 3.23. The minimum atomic E-state index is -0.604. The van der Waals surface area contributed by atoms with Crippen LogP contribution in [-0.4, -0.2) is 17.0 Å². The van der Waals surface area contributed by atoms with Gasteiger partial charge < -0.3 is 11.1 Å². The van der Waals surface area contributed by atoms with Crippen LogP contribution in [-0.2, 0) is 0 Å². The molecule has 0 radical (unpaired) electrons. The topological polar surface area (TPSA) is 81.2 Å². The molecule has 0 saturated heterocycles. The van der Waals surface area contributed by atoms with Gasteiger partial charge >= 0.3 is 0 Å². The molecule has 2 unspecified atom stereocenters. The number of benzene rings is 1. The standard InChI is InChI=1S/C12H16FN3O2/c13-8-4-5-11(12(6-8)16(17)18)15-10-3-1-2-9(14)7-10/h4-6,9-10,15H,1-3,7,14H2. The van der Waals surface area contributed by atoms with Crippen molar-refractivity contribution in [3.63, 3.8) is 0 Å². The maximum Gasteiger partial charge on any atom is 0.295 e. The maximum atomic E-state index is 13.0. The van der Waals surface area contributed by atoms with Crippen molar-refractivity contribution in [2.45, 2.75) is 37.8 Å². The summed E-state index contributed by atoms with van der Waals surface area (Å²) >= 11 is 0. The predicted molar refractivity (Wildman–Crippen MR) is 66.9 cm³/mol. The molecule has 0 aliphatic heterocycles. The van der Waals surface area contributed by atoms with E-state index in [4.69, 9.17) is 5.73 Å². The average Bonchev–Trinajstić information content (AvgIpc) is 2.31. The number of nitrogens with zero attached hydrogens (tertiary/aromatic N) is 1. The first-order valence-electron chi connectivity index (χ1n) is 6.02. The van der Waals surface area contributed by atoms with E-state index in [1.54, 1.807) is 0 Å². The second-order valence-corrected chi connectivity index (χ2v) is 4.69. The van der Waals surface area contributed by atoms with E-state index in [1.165, 1.54) is 12.1 Å². The Bertz CT molecular complexity index is 453. The monoisotopic (exact) mass is 253 g/mol. The zero-order chi connectivity index (χ0) is 13.1. The van der Waals surface area contributed by atoms with Gasteiger partial charge in [-0.05, 0) is 37.8 Å². The number of rotatable bonds is 3. The molecule has 1 saturated carbocycles. The third kappa shape index (κ3) is 2.95. The Balaban J connectivity index is 2.15. The summed E-state index contributed by atoms with van der Waals surface area (Å²) in [5, 5.41) is 14.0. The zero-order valence-corrected chi connectivity index (χ0v) is 9.93. The molecule has 6 heteroatoms. The molecule has 0 amide bonds. The lowest BCUT2D eigenvalue weighted by molar-refractivity contribution is -0.384. The molecule has 2 atom stereocenters. The number of nitrogens with one attached hydrogen (secondary N) is 1. The number of hydrogen-bond acceptors (Lipinski definition) is 4. The van der Waals surface area contributed by atoms with Crippen molar-refractivity contribution in [3.05, 3.63) is 34.1 Å². The minimum absolute atomic E-state index is 0.123. The molecular formula is C12H16FN3O2. The summed E-state index contributed by atoms with van der Waals surface area (Å²) < 4.78 is 13.0. The molecule has 0 aromatic heterocycles. The summed E-state index contributed by atoms with van der Waals surface area (Å²) in [7, 11) is 0. The van der Waals surface area contributed by atoms with Gasteiger partial charge in [-0.25, -0.2) is 4.39 Å². The van der Waals surface area contributed by atoms with E-state index in [0.29, 0.717) is 5.69 Å². The van der Waals surface area contributed by atoms with E-state index in [1.807, 2.05) is 0 Å². The van der Waals surface area contributed by atoms with Gasteiger partial charge in [-0.1, -0.05) is 0 Å². The highest BCUT2D eigenvalue weighted by atomic mass is 19.1. The molecule has 98 valence electrons. The van der Waals surface area contributed by atoms with E-state index < -0.39 is 10.7 Å². The van der Waals surface area contributed by atoms with Gasteiger partial charge in [0.05, 0.1) is 11.0 Å². The Kier molecular flexibility index (Phi) is 3.76. The van der Waals surface area contributed by atoms with Crippen LogP contribution in [0.2, 0.25) is 0 Å². The lowest BCUT2D eigenvalue weighted by Gasteiger charge is -2.28. The summed E-state index contributed by atoms with van der Waals surface area (Å²) in [6.07, 6.45) is 3.72. The van der Waals surface area contributed by atoms with Gasteiger partial charge in [-0.3, -0.25) is 10.1 Å². The van der Waals surface area contributed by atoms with Crippen LogP contribution < -0.4 is 11.1 Å². The fourth-order valence-corrected chi connectivity index (χ4v) is 2.36. The molecule has 1 aromatic rings. The smallest absolute Gasteiger partial charge is 0.295 e. The number of nitro benzene ring substituents is 1. The van der Waals surface area contributed by atoms with E-state index in [2.05, 4.69) is 5.32 Å². The van der Waals surface area contributed by atoms with Gasteiger partial charge in [0.15, 0.2) is 0 Å². The fourth-order valence-electron chi connectivity index (χ4n) is 2.36. The molecule has 5 nitrogen and oxygen atoms in total. The molecule has 2 rings (SSSR count). The summed E-state index contributed by atoms with van der Waals surface area (Å²) in [5.41, 5.74) is 6.00. The maximum absolute atomic E-state index is 13.0. The van der Waals surface area contributed by atoms with Gasteiger partial charge in [0, 0.05) is 12.1 Å². The van der Waals surface area contributed by atoms with Gasteiger partial charge in [0.25, 0.3) is 5.69 Å². The highest BCUT2D eigenvalue weighted by Crippen LogP contribution is 2.28. The number of anilines is 1. The van der Waals surface area contributed by atoms with E-state index in [-0.39, 0.29) is 17.8 Å². The second kappa shape index (κ2) is 5.30. The molecule has 1 aliphatic carbocycles. The Hall–Kier alpha value is -1.69. The van der Waals surface area contributed by atoms with Crippen molar-refractivity contribution < 1.29 is 9.31 Å². The minimum Gasteiger partial charge on any atom is -0.377 e. The Labute approximate surface area is 104 Å². The van der Waals surface area contributed by atoms with Crippen LogP contribution in [0.4, 0.5) is 15.8 Å². The van der Waals surface area contributed by atoms with Crippen LogP contribution >= 0.6 is 0 Å². The summed E-state index contributed by atoms with van der Waals surface area (Å²) in [6.45, 7) is 0. The van der Waals surface area contributed by atoms with Gasteiger partial charge in [-0.15, -0.1) is 0 Å². The second-order valence-electron chi connectivity index (χ2n) is 4.69. The number of nitrogens with two attached hydrogens (primary N) is 1. The first-order chi connectivity index (χ1) is 8.56. The normalized spacial score (nSPS) is 23.7. The first-order valence-corrected chi connectivity index (χ1v) is 6.02. The third-order valence-corrected chi connectivity index (χ3v) is 3.23. The summed E-state index contributed by atoms with van der Waals surface area (Å²) in [6, 6.07) is 3.82. The molecule has 1 fully saturated rings. The average molecular weight is 253 g/mol. The van der Waals surface area contributed by atoms with Crippen LogP contribution in [0.15, 0.2) is 18.2 Å². The van der Waals surface area contributed by atoms with Crippen molar-refractivity contribution in [1.82, 2.24) is 0 Å². The van der Waals surface area contributed by atoms with Gasteiger partial charge in [0.2, 0.25) is 0 Å². The van der Waals surface area contributed by atoms with Crippen molar-refractivity contribution in [3.8, 4) is 0 Å². The largest absolute Gasteiger partial charge is 0.377 e. The first kappa shape index (κ1) is 12.8. The van der Waals surface area contributed by atoms with Crippen LogP contribution in [0.1, 0.15) is 25.7 Å². The van der Waals surface area contributed by atoms with E-state index in [0.717, 1.165) is 31.7 Å². The lowest BCUT2D eigenvalue weighted by Crippen LogP contribution is -2.35. The van der Waals surface area contributed by atoms with Crippen molar-refractivity contribution in [2.24, 2.45) is 5.73 Å². The quantitative estimate of drug-likeness (QED) is 0.640. The molecule has 1 aliphatic rings. The van der Waals surface area contributed by atoms with E-state index in [9.17, 15) is 14.5 Å². The molecule has 18 heavy (non-hydrogen) atoms. The zero-order valence-electron chi connectivity index (χ0n) is 9.93. The van der Waals surface area contributed by atoms with Gasteiger partial charge in [-0.2, -0.15) is 0 Å². The Morgan fingerprint density at radius 3 is 2.89 bits per heavy atom. The van der Waals surface area contributed by atoms with Crippen molar-refractivity contribution in [2.75, 3.05) is 5.32 Å². The molecule has 0 heterocycles. The van der Waals surface area contributed by atoms with E-state index >= 15 is 0 Å². The summed E-state index contributed by atoms with van der Waals surface area (Å²) in [5.74, 6) is -0.604. The van der Waals surface area contributed by atoms with Crippen LogP contribution in [0, 0.1) is 15.9 Å². The van der Waals surface area contributed by atoms with Gasteiger partial charge in [0.1, 0.15) is 11.5 Å². The molecule has 0 spiro atoms. The highest BCUT2D eigenvalue weighted by Gasteiger charge is 2.22. The fraction of sp³-hybridized carbons (Fsp3) is 0.500. The molecule has 3 N–H and O–H groups in total. The van der Waals surface area contributed by atoms with Crippen LogP contribution in [0.5, 0.6) is 0 Å². The number of hydrogen-bond donors (Lipinski definition) is 2. The van der Waals surface area contributed by atoms with Crippen molar-refractivity contribution in [1.29, 1.82) is 0 Å². The highest BCUT2D eigenvalue weighted by molar-refractivity contribution is 5.61.